The minimum absolute atomic E-state index is 0. The first-order valence-corrected chi connectivity index (χ1v) is 15.9. The van der Waals surface area contributed by atoms with Crippen molar-refractivity contribution < 1.29 is 29.7 Å². The van der Waals surface area contributed by atoms with Crippen LogP contribution in [0.2, 0.25) is 4.44 Å². The molecule has 206 valence electrons. The molecule has 0 saturated carbocycles. The van der Waals surface area contributed by atoms with Crippen molar-refractivity contribution in [1.82, 2.24) is 0 Å². The third kappa shape index (κ3) is 36.2. The van der Waals surface area contributed by atoms with Crippen LogP contribution in [0, 0.1) is 17.8 Å². The first-order chi connectivity index (χ1) is 16.6. The Morgan fingerprint density at radius 1 is 0.528 bits per heavy atom. The van der Waals surface area contributed by atoms with E-state index in [9.17, 15) is 29.7 Å². The summed E-state index contributed by atoms with van der Waals surface area (Å²) < 4.78 is 1.43. The maximum Gasteiger partial charge on any atom is 4.00 e. The zero-order chi connectivity index (χ0) is 28.1. The molecule has 3 unspecified atom stereocenters. The molecule has 0 aromatic rings. The van der Waals surface area contributed by atoms with Crippen LogP contribution >= 0.6 is 0 Å². The van der Waals surface area contributed by atoms with Gasteiger partial charge in [-0.05, 0) is 56.3 Å². The van der Waals surface area contributed by atoms with Gasteiger partial charge in [0.05, 0.1) is 0 Å². The van der Waals surface area contributed by atoms with Crippen LogP contribution in [-0.2, 0) is 14.4 Å². The van der Waals surface area contributed by atoms with E-state index in [1.807, 2.05) is 20.8 Å². The van der Waals surface area contributed by atoms with E-state index >= 15 is 0 Å². The fourth-order valence-electron chi connectivity index (χ4n) is 2.99. The van der Waals surface area contributed by atoms with Crippen molar-refractivity contribution in [2.75, 3.05) is 0 Å². The van der Waals surface area contributed by atoms with Gasteiger partial charge in [0.15, 0.2) is 0 Å². The molecule has 0 fully saturated rings. The van der Waals surface area contributed by atoms with Gasteiger partial charge in [-0.15, -0.1) is 0 Å². The number of aliphatic carboxylic acids is 3. The van der Waals surface area contributed by atoms with E-state index in [2.05, 4.69) is 27.7 Å². The molecule has 0 aromatic heterocycles. The van der Waals surface area contributed by atoms with Crippen LogP contribution in [0.15, 0.2) is 0 Å². The molecule has 0 aliphatic rings. The van der Waals surface area contributed by atoms with E-state index in [0.717, 1.165) is 57.8 Å². The van der Waals surface area contributed by atoms with Gasteiger partial charge in [-0.3, -0.25) is 0 Å². The third-order valence-electron chi connectivity index (χ3n) is 5.73. The molecule has 3 atom stereocenters. The zero-order valence-electron chi connectivity index (χ0n) is 24.3. The molecule has 0 rings (SSSR count). The van der Waals surface area contributed by atoms with Gasteiger partial charge >= 0.3 is 70.6 Å². The zero-order valence-corrected chi connectivity index (χ0v) is 30.0. The van der Waals surface area contributed by atoms with Crippen molar-refractivity contribution in [3.8, 4) is 0 Å². The number of unbranched alkanes of at least 4 members (excludes halogenated alkanes) is 4. The van der Waals surface area contributed by atoms with Crippen LogP contribution in [0.1, 0.15) is 138 Å². The number of carbonyl (C=O) groups is 3. The summed E-state index contributed by atoms with van der Waals surface area (Å²) in [5.74, 6) is -3.34. The SMILES string of the molecule is CCCCC(CC)C(=O)[O-].CCCCC(CC)C(=O)[O-].CCCCC(CC)C(=O)[O-].CCC[CH2][Sn+3].[Sn+4]. The van der Waals surface area contributed by atoms with Gasteiger partial charge in [0.1, 0.15) is 0 Å². The topological polar surface area (TPSA) is 120 Å². The van der Waals surface area contributed by atoms with Crippen molar-refractivity contribution in [2.45, 2.75) is 143 Å². The van der Waals surface area contributed by atoms with Crippen LogP contribution in [0.4, 0.5) is 0 Å². The molecule has 0 aliphatic carbocycles. The normalized spacial score (nSPS) is 12.0. The Morgan fingerprint density at radius 2 is 0.750 bits per heavy atom. The van der Waals surface area contributed by atoms with Gasteiger partial charge in [0.25, 0.3) is 0 Å². The van der Waals surface area contributed by atoms with Crippen LogP contribution < -0.4 is 15.3 Å². The standard InChI is InChI=1S/3C8H16O2.C4H9.2Sn/c3*1-3-5-6-7(4-2)8(9)10;1-3-4-2;;/h3*7H,3-6H2,1-2H3,(H,9,10);1,3-4H2,2H3;;/q;;;;+3;+4/p-3. The summed E-state index contributed by atoms with van der Waals surface area (Å²) in [7, 11) is 0. The largest absolute Gasteiger partial charge is 4.00 e. The molecule has 8 heteroatoms. The second-order valence-electron chi connectivity index (χ2n) is 8.80. The number of hydrogen-bond acceptors (Lipinski definition) is 6. The van der Waals surface area contributed by atoms with E-state index in [0.29, 0.717) is 19.3 Å². The molecule has 0 amide bonds. The van der Waals surface area contributed by atoms with Crippen LogP contribution in [-0.4, -0.2) is 64.3 Å². The summed E-state index contributed by atoms with van der Waals surface area (Å²) in [6.45, 7) is 14.1. The maximum absolute atomic E-state index is 10.3. The van der Waals surface area contributed by atoms with Crippen molar-refractivity contribution >= 4 is 64.3 Å². The van der Waals surface area contributed by atoms with Gasteiger partial charge in [0, 0.05) is 17.9 Å². The Hall–Kier alpha value is 0.00740. The average Bonchev–Trinajstić information content (AvgIpc) is 2.82. The predicted octanol–water partition coefficient (Wildman–Crippen LogP) is 3.85. The Balaban J connectivity index is -0.000000121. The minimum Gasteiger partial charge on any atom is 4.00 e. The predicted molar refractivity (Wildman–Crippen MR) is 146 cm³/mol. The fraction of sp³-hybridized carbons (Fsp3) is 0.893. The van der Waals surface area contributed by atoms with Gasteiger partial charge in [0.2, 0.25) is 0 Å². The molecule has 0 aliphatic heterocycles. The molecule has 0 spiro atoms. The number of hydrogen-bond donors (Lipinski definition) is 0. The van der Waals surface area contributed by atoms with Gasteiger partial charge < -0.3 is 29.7 Å². The van der Waals surface area contributed by atoms with Crippen LogP contribution in [0.25, 0.3) is 0 Å². The summed E-state index contributed by atoms with van der Waals surface area (Å²) in [6, 6.07) is 0. The summed E-state index contributed by atoms with van der Waals surface area (Å²) in [6.07, 6.45) is 13.4. The summed E-state index contributed by atoms with van der Waals surface area (Å²) in [4.78, 5) is 31.0. The Morgan fingerprint density at radius 3 is 0.833 bits per heavy atom. The fourth-order valence-corrected chi connectivity index (χ4v) is 4.00. The van der Waals surface area contributed by atoms with Crippen molar-refractivity contribution in [3.63, 3.8) is 0 Å². The summed E-state index contributed by atoms with van der Waals surface area (Å²) in [5, 5.41) is 31.0. The van der Waals surface area contributed by atoms with E-state index in [1.165, 1.54) is 17.3 Å². The first-order valence-electron chi connectivity index (χ1n) is 13.8. The number of rotatable bonds is 17. The Kier molecular flexibility index (Phi) is 47.4. The number of carbonyl (C=O) groups excluding carboxylic acids is 3. The van der Waals surface area contributed by atoms with Gasteiger partial charge in [-0.2, -0.15) is 0 Å². The minimum atomic E-state index is -0.893. The Labute approximate surface area is 253 Å². The van der Waals surface area contributed by atoms with E-state index in [-0.39, 0.29) is 41.7 Å². The quantitative estimate of drug-likeness (QED) is 0.211. The van der Waals surface area contributed by atoms with Crippen molar-refractivity contribution in [2.24, 2.45) is 17.8 Å². The molecule has 36 heavy (non-hydrogen) atoms. The number of carboxylic acid groups (broad SMARTS) is 3. The smallest absolute Gasteiger partial charge is 4.00 e. The van der Waals surface area contributed by atoms with Crippen molar-refractivity contribution in [3.05, 3.63) is 0 Å². The van der Waals surface area contributed by atoms with Gasteiger partial charge in [-0.1, -0.05) is 80.1 Å². The molecular weight excluding hydrogens is 670 g/mol. The van der Waals surface area contributed by atoms with E-state index in [4.69, 9.17) is 0 Å². The molecule has 0 N–H and O–H groups in total. The van der Waals surface area contributed by atoms with Gasteiger partial charge in [-0.25, -0.2) is 0 Å². The molecule has 0 saturated heterocycles. The molecule has 6 nitrogen and oxygen atoms in total. The molecule has 0 radical (unpaired) electrons. The monoisotopic (exact) mass is 726 g/mol. The average molecular weight is 724 g/mol. The van der Waals surface area contributed by atoms with E-state index in [1.54, 1.807) is 22.5 Å². The molecule has 0 heterocycles. The first kappa shape index (κ1) is 45.9. The maximum atomic E-state index is 10.3. The third-order valence-corrected chi connectivity index (χ3v) is 6.74. The second kappa shape index (κ2) is 37.2. The van der Waals surface area contributed by atoms with E-state index < -0.39 is 17.9 Å². The molecule has 0 bridgehead atoms. The molecular formula is C28H54O6Sn2+4. The number of carboxylic acids is 3. The van der Waals surface area contributed by atoms with Crippen LogP contribution in [0.3, 0.4) is 0 Å². The Bertz CT molecular complexity index is 411. The summed E-state index contributed by atoms with van der Waals surface area (Å²) >= 11 is 1.68. The second-order valence-corrected chi connectivity index (χ2v) is 10.2. The van der Waals surface area contributed by atoms with Crippen LogP contribution in [0.5, 0.6) is 0 Å². The van der Waals surface area contributed by atoms with Crippen molar-refractivity contribution in [1.29, 1.82) is 0 Å². The molecule has 0 aromatic carbocycles. The summed E-state index contributed by atoms with van der Waals surface area (Å²) in [5.41, 5.74) is 0.